The zero-order valence-corrected chi connectivity index (χ0v) is 8.99. The molecule has 1 aliphatic rings. The first-order valence-electron chi connectivity index (χ1n) is 2.79. The van der Waals surface area contributed by atoms with Crippen LogP contribution >= 0.6 is 0 Å². The summed E-state index contributed by atoms with van der Waals surface area (Å²) in [6.07, 6.45) is 0.551. The number of aliphatic carboxylic acids is 1. The van der Waals surface area contributed by atoms with Gasteiger partial charge in [-0.15, -0.1) is 6.42 Å². The maximum absolute atomic E-state index is 10.1. The van der Waals surface area contributed by atoms with Crippen molar-refractivity contribution in [2.45, 2.75) is 12.5 Å². The van der Waals surface area contributed by atoms with Crippen LogP contribution < -0.4 is 10.9 Å². The third kappa shape index (κ3) is 6.66. The first kappa shape index (κ1) is 14.5. The minimum atomic E-state index is -0.814. The predicted octanol–water partition coefficient (Wildman–Crippen LogP) is -1.29. The van der Waals surface area contributed by atoms with Crippen molar-refractivity contribution >= 4 is 12.4 Å². The molecule has 4 N–H and O–H groups in total. The second-order valence-corrected chi connectivity index (χ2v) is 1.71. The van der Waals surface area contributed by atoms with Gasteiger partial charge >= 0.3 is 5.97 Å². The van der Waals surface area contributed by atoms with Crippen LogP contribution in [-0.4, -0.2) is 28.7 Å². The Morgan fingerprint density at radius 3 is 2.33 bits per heavy atom. The maximum atomic E-state index is 10.1. The van der Waals surface area contributed by atoms with Crippen molar-refractivity contribution in [3.05, 3.63) is 6.54 Å². The molecule has 12 heavy (non-hydrogen) atoms. The molecule has 1 saturated heterocycles. The van der Waals surface area contributed by atoms with E-state index in [1.54, 1.807) is 6.54 Å². The van der Waals surface area contributed by atoms with E-state index in [2.05, 4.69) is 10.9 Å². The van der Waals surface area contributed by atoms with E-state index >= 15 is 0 Å². The molecule has 1 radical (unpaired) electrons. The fourth-order valence-corrected chi connectivity index (χ4v) is 0.558. The third-order valence-corrected chi connectivity index (χ3v) is 1.01. The molecule has 1 rings (SSSR count). The molecule has 7 heteroatoms. The smallest absolute Gasteiger partial charge is 0.319 e. The number of carboxylic acid groups (broad SMARTS) is 1. The SMILES string of the molecule is O=C(O)C1C[CH-]NN1.O=[C-]O.[Y]. The van der Waals surface area contributed by atoms with E-state index in [-0.39, 0.29) is 32.7 Å². The monoisotopic (exact) mass is 249 g/mol. The molecular formula is C5H8N2O4Y-2. The molecule has 0 saturated carbocycles. The van der Waals surface area contributed by atoms with Crippen LogP contribution in [0.15, 0.2) is 0 Å². The number of hydrogen-bond acceptors (Lipinski definition) is 4. The second-order valence-electron chi connectivity index (χ2n) is 1.71. The zero-order chi connectivity index (χ0) is 8.69. The normalized spacial score (nSPS) is 19.8. The standard InChI is InChI=1S/C4H7N2O2.CHO2.Y/c7-4(8)3-1-2-5-6-3;2-1-3;/h2-3,5-6H,1H2,(H,7,8);(H,2,3);/q2*-1;. The van der Waals surface area contributed by atoms with E-state index in [9.17, 15) is 4.79 Å². The fraction of sp³-hybridized carbons (Fsp3) is 0.400. The summed E-state index contributed by atoms with van der Waals surface area (Å²) in [4.78, 5) is 18.3. The number of carboxylic acids is 1. The van der Waals surface area contributed by atoms with Gasteiger partial charge in [-0.1, -0.05) is 6.47 Å². The summed E-state index contributed by atoms with van der Waals surface area (Å²) in [5, 5.41) is 15.1. The molecule has 1 fully saturated rings. The average molecular weight is 249 g/mol. The molecule has 0 amide bonds. The molecule has 6 nitrogen and oxygen atoms in total. The number of carbonyl (C=O) groups is 1. The Hall–Kier alpha value is -0.0361. The number of hydrogen-bond donors (Lipinski definition) is 4. The van der Waals surface area contributed by atoms with Gasteiger partial charge in [0, 0.05) is 32.7 Å². The van der Waals surface area contributed by atoms with Crippen molar-refractivity contribution < 1.29 is 52.5 Å². The van der Waals surface area contributed by atoms with Crippen molar-refractivity contribution in [3.63, 3.8) is 0 Å². The van der Waals surface area contributed by atoms with Crippen molar-refractivity contribution in [1.29, 1.82) is 0 Å². The van der Waals surface area contributed by atoms with Gasteiger partial charge in [0.1, 0.15) is 0 Å². The Bertz CT molecular complexity index is 137. The van der Waals surface area contributed by atoms with Gasteiger partial charge in [0.25, 0.3) is 0 Å². The molecule has 0 bridgehead atoms. The minimum Gasteiger partial charge on any atom is -0.665 e. The van der Waals surface area contributed by atoms with Crippen LogP contribution in [0.1, 0.15) is 6.42 Å². The van der Waals surface area contributed by atoms with E-state index in [1.165, 1.54) is 0 Å². The van der Waals surface area contributed by atoms with Gasteiger partial charge in [0.15, 0.2) is 0 Å². The molecule has 1 unspecified atom stereocenters. The molecule has 1 heterocycles. The van der Waals surface area contributed by atoms with E-state index in [4.69, 9.17) is 15.0 Å². The van der Waals surface area contributed by atoms with Gasteiger partial charge in [-0.3, -0.25) is 16.8 Å². The number of rotatable bonds is 1. The van der Waals surface area contributed by atoms with E-state index in [1.807, 2.05) is 0 Å². The molecule has 1 aliphatic heterocycles. The van der Waals surface area contributed by atoms with Crippen molar-refractivity contribution in [3.8, 4) is 0 Å². The molecule has 0 aromatic rings. The van der Waals surface area contributed by atoms with Crippen LogP contribution in [0.5, 0.6) is 0 Å². The Labute approximate surface area is 94.6 Å². The molecule has 0 aliphatic carbocycles. The van der Waals surface area contributed by atoms with E-state index < -0.39 is 12.0 Å². The number of aliphatic hydroxyl groups excluding tert-OH is 1. The summed E-state index contributed by atoms with van der Waals surface area (Å²) in [5.74, 6) is -0.814. The van der Waals surface area contributed by atoms with Crippen LogP contribution in [0.25, 0.3) is 0 Å². The van der Waals surface area contributed by atoms with Gasteiger partial charge < -0.3 is 20.4 Å². The summed E-state index contributed by atoms with van der Waals surface area (Å²) in [5.41, 5.74) is 5.15. The van der Waals surface area contributed by atoms with Crippen LogP contribution in [0.4, 0.5) is 0 Å². The summed E-state index contributed by atoms with van der Waals surface area (Å²) in [6.45, 7) is 2.18. The van der Waals surface area contributed by atoms with Crippen LogP contribution in [-0.2, 0) is 42.3 Å². The largest absolute Gasteiger partial charge is 0.665 e. The summed E-state index contributed by atoms with van der Waals surface area (Å²) >= 11 is 0. The molecule has 67 valence electrons. The minimum absolute atomic E-state index is 0. The predicted molar refractivity (Wildman–Crippen MR) is 34.9 cm³/mol. The third-order valence-electron chi connectivity index (χ3n) is 1.01. The van der Waals surface area contributed by atoms with Crippen molar-refractivity contribution in [1.82, 2.24) is 10.9 Å². The second kappa shape index (κ2) is 9.06. The van der Waals surface area contributed by atoms with E-state index in [0.717, 1.165) is 0 Å². The van der Waals surface area contributed by atoms with Crippen molar-refractivity contribution in [2.75, 3.05) is 0 Å². The summed E-state index contributed by atoms with van der Waals surface area (Å²) in [7, 11) is 0. The van der Waals surface area contributed by atoms with Crippen molar-refractivity contribution in [2.24, 2.45) is 0 Å². The molecular weight excluding hydrogens is 241 g/mol. The number of hydrazine groups is 1. The Morgan fingerprint density at radius 2 is 2.17 bits per heavy atom. The number of nitrogens with one attached hydrogen (secondary N) is 2. The van der Waals surface area contributed by atoms with E-state index in [0.29, 0.717) is 12.9 Å². The first-order chi connectivity index (χ1) is 5.22. The first-order valence-corrected chi connectivity index (χ1v) is 2.79. The quantitative estimate of drug-likeness (QED) is 0.431. The van der Waals surface area contributed by atoms with Crippen LogP contribution in [0, 0.1) is 6.54 Å². The summed E-state index contributed by atoms with van der Waals surface area (Å²) in [6, 6.07) is -0.435. The Kier molecular flexibility index (Phi) is 10.9. The molecule has 0 spiro atoms. The van der Waals surface area contributed by atoms with Crippen LogP contribution in [0.3, 0.4) is 0 Å². The Morgan fingerprint density at radius 1 is 1.67 bits per heavy atom. The fourth-order valence-electron chi connectivity index (χ4n) is 0.558. The molecule has 0 aromatic carbocycles. The molecule has 1 atom stereocenters. The van der Waals surface area contributed by atoms with Gasteiger partial charge in [-0.05, 0) is 0 Å². The topological polar surface area (TPSA) is 98.7 Å². The van der Waals surface area contributed by atoms with Gasteiger partial charge in [0.05, 0.1) is 6.04 Å². The average Bonchev–Trinajstić information content (AvgIpc) is 2.38. The van der Waals surface area contributed by atoms with Gasteiger partial charge in [-0.25, -0.2) is 0 Å². The van der Waals surface area contributed by atoms with Gasteiger partial charge in [-0.2, -0.15) is 0 Å². The van der Waals surface area contributed by atoms with Crippen LogP contribution in [0.2, 0.25) is 0 Å². The van der Waals surface area contributed by atoms with Gasteiger partial charge in [0.2, 0.25) is 0 Å². The molecule has 0 aromatic heterocycles. The zero-order valence-electron chi connectivity index (χ0n) is 6.15. The Balaban J connectivity index is 0. The maximum Gasteiger partial charge on any atom is 0.319 e. The summed E-state index contributed by atoms with van der Waals surface area (Å²) < 4.78 is 0.